The fourth-order valence-corrected chi connectivity index (χ4v) is 4.13. The Morgan fingerprint density at radius 1 is 0.778 bits per heavy atom. The Morgan fingerprint density at radius 3 is 1.86 bits per heavy atom. The number of unbranched alkanes of at least 4 members (excludes halogenated alkanes) is 3. The van der Waals surface area contributed by atoms with Crippen molar-refractivity contribution in [2.75, 3.05) is 17.2 Å². The van der Waals surface area contributed by atoms with Gasteiger partial charge in [0, 0.05) is 22.5 Å². The lowest BCUT2D eigenvalue weighted by molar-refractivity contribution is 0.101. The van der Waals surface area contributed by atoms with Gasteiger partial charge in [-0.1, -0.05) is 59.1 Å². The molecule has 5 nitrogen and oxygen atoms in total. The van der Waals surface area contributed by atoms with E-state index in [0.717, 1.165) is 23.1 Å². The van der Waals surface area contributed by atoms with Crippen LogP contribution in [0, 0.1) is 0 Å². The van der Waals surface area contributed by atoms with E-state index in [1.165, 1.54) is 18.4 Å². The first-order chi connectivity index (χ1) is 17.2. The second-order valence-corrected chi connectivity index (χ2v) is 10.7. The molecule has 36 heavy (non-hydrogen) atoms. The summed E-state index contributed by atoms with van der Waals surface area (Å²) in [4.78, 5) is 25.3. The van der Waals surface area contributed by atoms with Crippen molar-refractivity contribution in [2.24, 2.45) is 0 Å². The second kappa shape index (κ2) is 12.7. The molecule has 0 radical (unpaired) electrons. The van der Waals surface area contributed by atoms with Crippen molar-refractivity contribution >= 4 is 39.1 Å². The number of hydrogen-bond donors (Lipinski definition) is 2. The van der Waals surface area contributed by atoms with Crippen LogP contribution in [0.1, 0.15) is 79.7 Å². The summed E-state index contributed by atoms with van der Waals surface area (Å²) in [5.41, 5.74) is 3.63. The van der Waals surface area contributed by atoms with Crippen molar-refractivity contribution in [3.63, 3.8) is 0 Å². The fourth-order valence-electron chi connectivity index (χ4n) is 3.64. The van der Waals surface area contributed by atoms with Crippen LogP contribution in [-0.2, 0) is 5.41 Å². The van der Waals surface area contributed by atoms with Gasteiger partial charge in [0.25, 0.3) is 11.8 Å². The third kappa shape index (κ3) is 7.95. The minimum absolute atomic E-state index is 0.0368. The van der Waals surface area contributed by atoms with Gasteiger partial charge in [0.1, 0.15) is 5.75 Å². The van der Waals surface area contributed by atoms with Crippen molar-refractivity contribution in [3.8, 4) is 5.75 Å². The van der Waals surface area contributed by atoms with Gasteiger partial charge >= 0.3 is 0 Å². The number of amides is 2. The van der Waals surface area contributed by atoms with Crippen LogP contribution in [0.2, 0.25) is 0 Å². The zero-order valence-electron chi connectivity index (χ0n) is 21.5. The third-order valence-corrected chi connectivity index (χ3v) is 6.48. The first-order valence-electron chi connectivity index (χ1n) is 12.4. The first kappa shape index (κ1) is 27.5. The molecule has 0 bridgehead atoms. The Bertz CT molecular complexity index is 1170. The van der Waals surface area contributed by atoms with E-state index in [1.54, 1.807) is 36.4 Å². The molecule has 190 valence electrons. The molecular weight excluding hydrogens is 516 g/mol. The molecule has 0 heterocycles. The number of carbonyl (C=O) groups is 2. The summed E-state index contributed by atoms with van der Waals surface area (Å²) in [5, 5.41) is 5.79. The monoisotopic (exact) mass is 550 g/mol. The molecule has 3 rings (SSSR count). The van der Waals surface area contributed by atoms with E-state index in [1.807, 2.05) is 30.3 Å². The summed E-state index contributed by atoms with van der Waals surface area (Å²) in [6, 6.07) is 20.0. The van der Waals surface area contributed by atoms with Crippen LogP contribution in [0.3, 0.4) is 0 Å². The van der Waals surface area contributed by atoms with Gasteiger partial charge in [0.2, 0.25) is 0 Å². The highest BCUT2D eigenvalue weighted by molar-refractivity contribution is 9.10. The van der Waals surface area contributed by atoms with Gasteiger partial charge in [0.05, 0.1) is 11.1 Å². The molecule has 0 aromatic heterocycles. The zero-order valence-corrected chi connectivity index (χ0v) is 23.1. The average molecular weight is 552 g/mol. The van der Waals surface area contributed by atoms with E-state index in [4.69, 9.17) is 4.74 Å². The molecule has 0 aliphatic carbocycles. The molecular formula is C30H35BrN2O3. The molecule has 3 aromatic carbocycles. The molecule has 3 aromatic rings. The van der Waals surface area contributed by atoms with E-state index in [2.05, 4.69) is 54.3 Å². The lowest BCUT2D eigenvalue weighted by Gasteiger charge is -2.19. The number of ether oxygens (including phenoxy) is 1. The predicted molar refractivity (Wildman–Crippen MR) is 151 cm³/mol. The van der Waals surface area contributed by atoms with E-state index >= 15 is 0 Å². The minimum Gasteiger partial charge on any atom is -0.492 e. The summed E-state index contributed by atoms with van der Waals surface area (Å²) < 4.78 is 6.57. The average Bonchev–Trinajstić information content (AvgIpc) is 2.85. The third-order valence-electron chi connectivity index (χ3n) is 5.86. The molecule has 0 aliphatic heterocycles. The summed E-state index contributed by atoms with van der Waals surface area (Å²) in [6.45, 7) is 9.26. The van der Waals surface area contributed by atoms with E-state index in [9.17, 15) is 9.59 Å². The van der Waals surface area contributed by atoms with E-state index in [0.29, 0.717) is 29.1 Å². The zero-order chi connectivity index (χ0) is 26.1. The van der Waals surface area contributed by atoms with Gasteiger partial charge in [-0.25, -0.2) is 0 Å². The smallest absolute Gasteiger partial charge is 0.255 e. The largest absolute Gasteiger partial charge is 0.492 e. The van der Waals surface area contributed by atoms with Crippen LogP contribution in [0.4, 0.5) is 11.4 Å². The van der Waals surface area contributed by atoms with Crippen molar-refractivity contribution in [1.29, 1.82) is 0 Å². The van der Waals surface area contributed by atoms with Crippen molar-refractivity contribution < 1.29 is 14.3 Å². The van der Waals surface area contributed by atoms with Gasteiger partial charge in [-0.3, -0.25) is 9.59 Å². The highest BCUT2D eigenvalue weighted by atomic mass is 79.9. The standard InChI is InChI=1S/C30H35BrN2O3/c1-5-6-7-8-19-36-27-18-11-22(20-26(27)31)29(35)33-25-16-14-24(15-17-25)32-28(34)21-9-12-23(13-10-21)30(2,3)4/h9-18,20H,5-8,19H2,1-4H3,(H,32,34)(H,33,35). The molecule has 0 aliphatic rings. The molecule has 0 saturated carbocycles. The Morgan fingerprint density at radius 2 is 1.33 bits per heavy atom. The summed E-state index contributed by atoms with van der Waals surface area (Å²) >= 11 is 3.50. The Balaban J connectivity index is 1.54. The Kier molecular flexibility index (Phi) is 9.71. The highest BCUT2D eigenvalue weighted by Gasteiger charge is 2.15. The van der Waals surface area contributed by atoms with Crippen molar-refractivity contribution in [2.45, 2.75) is 58.8 Å². The number of carbonyl (C=O) groups excluding carboxylic acids is 2. The summed E-state index contributed by atoms with van der Waals surface area (Å²) in [6.07, 6.45) is 4.57. The van der Waals surface area contributed by atoms with Gasteiger partial charge in [-0.2, -0.15) is 0 Å². The number of anilines is 2. The maximum Gasteiger partial charge on any atom is 0.255 e. The lowest BCUT2D eigenvalue weighted by Crippen LogP contribution is -2.14. The lowest BCUT2D eigenvalue weighted by atomic mass is 9.87. The first-order valence-corrected chi connectivity index (χ1v) is 13.2. The number of halogens is 1. The quantitative estimate of drug-likeness (QED) is 0.250. The molecule has 2 N–H and O–H groups in total. The number of nitrogens with one attached hydrogen (secondary N) is 2. The highest BCUT2D eigenvalue weighted by Crippen LogP contribution is 2.27. The van der Waals surface area contributed by atoms with Crippen LogP contribution in [0.5, 0.6) is 5.75 Å². The molecule has 0 unspecified atom stereocenters. The van der Waals surface area contributed by atoms with Crippen LogP contribution in [-0.4, -0.2) is 18.4 Å². The molecule has 0 saturated heterocycles. The fraction of sp³-hybridized carbons (Fsp3) is 0.333. The number of benzene rings is 3. The van der Waals surface area contributed by atoms with E-state index in [-0.39, 0.29) is 17.2 Å². The van der Waals surface area contributed by atoms with Crippen molar-refractivity contribution in [3.05, 3.63) is 87.9 Å². The van der Waals surface area contributed by atoms with Crippen LogP contribution in [0.15, 0.2) is 71.2 Å². The Labute approximate surface area is 222 Å². The molecule has 6 heteroatoms. The van der Waals surface area contributed by atoms with Crippen LogP contribution < -0.4 is 15.4 Å². The maximum atomic E-state index is 12.7. The topological polar surface area (TPSA) is 67.4 Å². The van der Waals surface area contributed by atoms with Gasteiger partial charge in [0.15, 0.2) is 0 Å². The second-order valence-electron chi connectivity index (χ2n) is 9.87. The van der Waals surface area contributed by atoms with Gasteiger partial charge < -0.3 is 15.4 Å². The Hall–Kier alpha value is -3.12. The van der Waals surface area contributed by atoms with Crippen LogP contribution in [0.25, 0.3) is 0 Å². The van der Waals surface area contributed by atoms with Crippen molar-refractivity contribution in [1.82, 2.24) is 0 Å². The molecule has 0 spiro atoms. The minimum atomic E-state index is -0.221. The molecule has 0 fully saturated rings. The predicted octanol–water partition coefficient (Wildman–Crippen LogP) is 8.21. The number of hydrogen-bond acceptors (Lipinski definition) is 3. The molecule has 0 atom stereocenters. The van der Waals surface area contributed by atoms with E-state index < -0.39 is 0 Å². The number of rotatable bonds is 10. The maximum absolute atomic E-state index is 12.7. The molecule has 2 amide bonds. The van der Waals surface area contributed by atoms with Crippen LogP contribution >= 0.6 is 15.9 Å². The summed E-state index contributed by atoms with van der Waals surface area (Å²) in [7, 11) is 0. The normalized spacial score (nSPS) is 11.1. The van der Waals surface area contributed by atoms with Gasteiger partial charge in [-0.15, -0.1) is 0 Å². The summed E-state index contributed by atoms with van der Waals surface area (Å²) in [5.74, 6) is 0.335. The van der Waals surface area contributed by atoms with Gasteiger partial charge in [-0.05, 0) is 87.9 Å². The SMILES string of the molecule is CCCCCCOc1ccc(C(=O)Nc2ccc(NC(=O)c3ccc(C(C)(C)C)cc3)cc2)cc1Br.